The zero-order valence-electron chi connectivity index (χ0n) is 10.4. The van der Waals surface area contributed by atoms with E-state index in [9.17, 15) is 4.79 Å². The lowest BCUT2D eigenvalue weighted by atomic mass is 10.1. The molecule has 0 aromatic heterocycles. The van der Waals surface area contributed by atoms with Crippen molar-refractivity contribution in [1.29, 1.82) is 0 Å². The molecule has 0 aromatic rings. The molecule has 0 spiro atoms. The van der Waals surface area contributed by atoms with Crippen LogP contribution in [-0.2, 0) is 9.47 Å². The molecule has 6 nitrogen and oxygen atoms in total. The fraction of sp³-hybridized carbons (Fsp3) is 0.727. The highest BCUT2D eigenvalue weighted by molar-refractivity contribution is 5.68. The van der Waals surface area contributed by atoms with Crippen LogP contribution in [0, 0.1) is 12.2 Å². The van der Waals surface area contributed by atoms with Crippen LogP contribution < -0.4 is 0 Å². The normalized spacial score (nSPS) is 10.4. The highest BCUT2D eigenvalue weighted by atomic mass is 16.5. The number of carboxylic acid groups (broad SMARTS) is 1. The van der Waals surface area contributed by atoms with Gasteiger partial charge in [0.1, 0.15) is 12.7 Å². The van der Waals surface area contributed by atoms with Crippen LogP contribution in [0.25, 0.3) is 0 Å². The van der Waals surface area contributed by atoms with Gasteiger partial charge in [-0.25, -0.2) is 9.69 Å². The smallest absolute Gasteiger partial charge is 0.419 e. The maximum absolute atomic E-state index is 10.9. The number of amides is 1. The second-order valence-corrected chi connectivity index (χ2v) is 4.19. The second-order valence-electron chi connectivity index (χ2n) is 4.19. The first-order valence-electron chi connectivity index (χ1n) is 5.23. The molecule has 0 unspecified atom stereocenters. The van der Waals surface area contributed by atoms with E-state index in [2.05, 4.69) is 12.2 Å². The van der Waals surface area contributed by atoms with Crippen LogP contribution in [0.5, 0.6) is 0 Å². The summed E-state index contributed by atoms with van der Waals surface area (Å²) in [6, 6.07) is 2.41. The number of nitrogens with zero attached hydrogens (tertiary/aromatic N) is 1. The Morgan fingerprint density at radius 3 is 2.41 bits per heavy atom. The Labute approximate surface area is 101 Å². The van der Waals surface area contributed by atoms with Crippen LogP contribution in [0.3, 0.4) is 0 Å². The van der Waals surface area contributed by atoms with Crippen molar-refractivity contribution in [3.8, 4) is 12.2 Å². The predicted molar refractivity (Wildman–Crippen MR) is 61.2 cm³/mol. The second kappa shape index (κ2) is 7.76. The molecule has 0 aliphatic rings. The van der Waals surface area contributed by atoms with Crippen molar-refractivity contribution in [3.05, 3.63) is 0 Å². The van der Waals surface area contributed by atoms with Gasteiger partial charge in [-0.1, -0.05) is 0 Å². The summed E-state index contributed by atoms with van der Waals surface area (Å²) in [7, 11) is 0. The number of hydrogen-bond donors (Lipinski definition) is 2. The van der Waals surface area contributed by atoms with Crippen LogP contribution in [0.15, 0.2) is 0 Å². The van der Waals surface area contributed by atoms with Crippen molar-refractivity contribution < 1.29 is 24.5 Å². The number of aliphatic hydroxyl groups excluding tert-OH is 1. The Kier molecular flexibility index (Phi) is 7.10. The molecule has 2 N–H and O–H groups in total. The third kappa shape index (κ3) is 7.44. The minimum absolute atomic E-state index is 0.0392. The molecule has 17 heavy (non-hydrogen) atoms. The lowest BCUT2D eigenvalue weighted by molar-refractivity contribution is 0.0638. The van der Waals surface area contributed by atoms with Gasteiger partial charge < -0.3 is 19.7 Å². The van der Waals surface area contributed by atoms with Crippen molar-refractivity contribution in [2.45, 2.75) is 26.3 Å². The number of hydrogen-bond acceptors (Lipinski definition) is 4. The summed E-state index contributed by atoms with van der Waals surface area (Å²) in [4.78, 5) is 11.8. The Hall–Kier alpha value is -1.45. The Morgan fingerprint density at radius 2 is 1.94 bits per heavy atom. The highest BCUT2D eigenvalue weighted by Crippen LogP contribution is 2.11. The van der Waals surface area contributed by atoms with E-state index < -0.39 is 11.6 Å². The third-order valence-corrected chi connectivity index (χ3v) is 1.66. The molecule has 0 saturated heterocycles. The minimum Gasteiger partial charge on any atom is -0.464 e. The Bertz CT molecular complexity index is 286. The van der Waals surface area contributed by atoms with Gasteiger partial charge in [-0.15, -0.1) is 0 Å². The number of carbonyl (C=O) groups is 1. The summed E-state index contributed by atoms with van der Waals surface area (Å²) in [5, 5.41) is 17.3. The van der Waals surface area contributed by atoms with Gasteiger partial charge in [0, 0.05) is 0 Å². The van der Waals surface area contributed by atoms with E-state index in [4.69, 9.17) is 19.7 Å². The van der Waals surface area contributed by atoms with Crippen LogP contribution in [0.4, 0.5) is 4.79 Å². The van der Waals surface area contributed by atoms with Crippen LogP contribution in [0.1, 0.15) is 20.8 Å². The predicted octanol–water partition coefficient (Wildman–Crippen LogP) is 0.709. The van der Waals surface area contributed by atoms with Gasteiger partial charge in [0.15, 0.2) is 0 Å². The molecule has 0 aliphatic carbocycles. The standard InChI is InChI=1S/C11H19NO5/c1-11(2,3)12(10(14)15)4-6-16-8-9-17-7-5-13/h13H,5,7-9H2,1-3H3,(H,14,15). The maximum Gasteiger partial charge on any atom is 0.419 e. The van der Waals surface area contributed by atoms with Gasteiger partial charge in [0.2, 0.25) is 0 Å². The summed E-state index contributed by atoms with van der Waals surface area (Å²) < 4.78 is 9.82. The van der Waals surface area contributed by atoms with E-state index in [1.54, 1.807) is 20.8 Å². The summed E-state index contributed by atoms with van der Waals surface area (Å²) >= 11 is 0. The first kappa shape index (κ1) is 15.6. The lowest BCUT2D eigenvalue weighted by Crippen LogP contribution is -2.41. The van der Waals surface area contributed by atoms with E-state index in [0.29, 0.717) is 6.61 Å². The summed E-state index contributed by atoms with van der Waals surface area (Å²) in [6.45, 7) is 5.95. The highest BCUT2D eigenvalue weighted by Gasteiger charge is 2.24. The number of rotatable bonds is 5. The van der Waals surface area contributed by atoms with Gasteiger partial charge in [-0.05, 0) is 20.8 Å². The van der Waals surface area contributed by atoms with Gasteiger partial charge >= 0.3 is 6.09 Å². The van der Waals surface area contributed by atoms with Crippen molar-refractivity contribution in [2.75, 3.05) is 26.4 Å². The molecule has 0 aromatic carbocycles. The van der Waals surface area contributed by atoms with Gasteiger partial charge in [-0.2, -0.15) is 0 Å². The fourth-order valence-electron chi connectivity index (χ4n) is 0.899. The molecule has 0 heterocycles. The van der Waals surface area contributed by atoms with Crippen LogP contribution in [-0.4, -0.2) is 53.2 Å². The minimum atomic E-state index is -1.12. The molecule has 0 aliphatic heterocycles. The monoisotopic (exact) mass is 245 g/mol. The molecular weight excluding hydrogens is 226 g/mol. The van der Waals surface area contributed by atoms with Crippen molar-refractivity contribution in [1.82, 2.24) is 4.90 Å². The van der Waals surface area contributed by atoms with Gasteiger partial charge in [0.25, 0.3) is 0 Å². The number of aliphatic hydroxyl groups is 1. The summed E-state index contributed by atoms with van der Waals surface area (Å²) in [5.74, 6) is 0. The first-order valence-corrected chi connectivity index (χ1v) is 5.23. The molecule has 0 rings (SSSR count). The van der Waals surface area contributed by atoms with Crippen LogP contribution >= 0.6 is 0 Å². The van der Waals surface area contributed by atoms with E-state index >= 15 is 0 Å². The molecule has 0 radical (unpaired) electrons. The number of ether oxygens (including phenoxy) is 2. The average Bonchev–Trinajstić information content (AvgIpc) is 2.19. The van der Waals surface area contributed by atoms with E-state index in [-0.39, 0.29) is 19.8 Å². The van der Waals surface area contributed by atoms with Crippen molar-refractivity contribution >= 4 is 6.09 Å². The van der Waals surface area contributed by atoms with Crippen LogP contribution in [0.2, 0.25) is 0 Å². The largest absolute Gasteiger partial charge is 0.464 e. The Balaban J connectivity index is 4.00. The van der Waals surface area contributed by atoms with Gasteiger partial charge in [-0.3, -0.25) is 0 Å². The lowest BCUT2D eigenvalue weighted by Gasteiger charge is -2.26. The molecule has 0 bridgehead atoms. The zero-order chi connectivity index (χ0) is 13.3. The van der Waals surface area contributed by atoms with Crippen molar-refractivity contribution in [2.24, 2.45) is 0 Å². The summed E-state index contributed by atoms with van der Waals surface area (Å²) in [5.41, 5.74) is -0.602. The summed E-state index contributed by atoms with van der Waals surface area (Å²) in [6.07, 6.45) is 1.18. The van der Waals surface area contributed by atoms with E-state index in [1.807, 2.05) is 0 Å². The molecule has 0 atom stereocenters. The first-order chi connectivity index (χ1) is 7.89. The molecule has 0 saturated carbocycles. The topological polar surface area (TPSA) is 79.2 Å². The molecular formula is C11H19NO5. The average molecular weight is 245 g/mol. The molecule has 98 valence electrons. The van der Waals surface area contributed by atoms with Gasteiger partial charge in [0.05, 0.1) is 31.4 Å². The fourth-order valence-corrected chi connectivity index (χ4v) is 0.899. The Morgan fingerprint density at radius 1 is 1.29 bits per heavy atom. The SMILES string of the molecule is CC(C)(C)N(C#COCCOCCO)C(=O)O. The van der Waals surface area contributed by atoms with E-state index in [1.165, 1.54) is 0 Å². The quantitative estimate of drug-likeness (QED) is 0.423. The molecule has 1 amide bonds. The maximum atomic E-state index is 10.9. The van der Waals surface area contributed by atoms with Crippen molar-refractivity contribution in [3.63, 3.8) is 0 Å². The third-order valence-electron chi connectivity index (χ3n) is 1.66. The van der Waals surface area contributed by atoms with E-state index in [0.717, 1.165) is 4.90 Å². The zero-order valence-corrected chi connectivity index (χ0v) is 10.4. The molecule has 6 heteroatoms. The molecule has 0 fully saturated rings.